The second kappa shape index (κ2) is 21.7. The van der Waals surface area contributed by atoms with E-state index in [1.165, 1.54) is 51.4 Å². The lowest BCUT2D eigenvalue weighted by molar-refractivity contribution is -0.332. The highest BCUT2D eigenvalue weighted by molar-refractivity contribution is 5.69. The predicted molar refractivity (Wildman–Crippen MR) is 155 cm³/mol. The van der Waals surface area contributed by atoms with Crippen LogP contribution in [-0.4, -0.2) is 141 Å². The Hall–Kier alpha value is -1.01. The van der Waals surface area contributed by atoms with Crippen molar-refractivity contribution in [3.05, 3.63) is 0 Å². The molecule has 2 rings (SSSR count). The first kappa shape index (κ1) is 39.2. The first-order valence-corrected chi connectivity index (χ1v) is 16.2. The Kier molecular flexibility index (Phi) is 19.3. The summed E-state index contributed by atoms with van der Waals surface area (Å²) < 4.78 is 26.6. The van der Waals surface area contributed by atoms with Crippen LogP contribution in [0.2, 0.25) is 0 Å². The molecule has 8 N–H and O–H groups in total. The summed E-state index contributed by atoms with van der Waals surface area (Å²) in [4.78, 5) is 12.0. The van der Waals surface area contributed by atoms with Gasteiger partial charge in [0.2, 0.25) is 0 Å². The van der Waals surface area contributed by atoms with E-state index < -0.39 is 93.3 Å². The zero-order chi connectivity index (χ0) is 32.5. The molecule has 14 heteroatoms. The normalized spacial score (nSPS) is 33.3. The maximum absolute atomic E-state index is 12.0. The Bertz CT molecular complexity index is 757. The zero-order valence-electron chi connectivity index (χ0n) is 25.9. The van der Waals surface area contributed by atoms with Crippen LogP contribution in [0.15, 0.2) is 0 Å². The van der Waals surface area contributed by atoms with E-state index in [4.69, 9.17) is 23.7 Å². The minimum Gasteiger partial charge on any atom is -0.463 e. The number of carbonyl (C=O) groups excluding carboxylic acids is 1. The number of rotatable bonds is 22. The zero-order valence-corrected chi connectivity index (χ0v) is 25.9. The van der Waals surface area contributed by atoms with Crippen molar-refractivity contribution in [1.82, 2.24) is 0 Å². The lowest BCUT2D eigenvalue weighted by Crippen LogP contribution is -2.61. The van der Waals surface area contributed by atoms with Crippen molar-refractivity contribution in [3.63, 3.8) is 0 Å². The minimum atomic E-state index is -1.72. The molecule has 14 nitrogen and oxygen atoms in total. The minimum absolute atomic E-state index is 0.246. The molecule has 2 aliphatic heterocycles. The summed E-state index contributed by atoms with van der Waals surface area (Å²) in [6.07, 6.45) is -2.31. The molecular weight excluding hydrogens is 584 g/mol. The second-order valence-corrected chi connectivity index (χ2v) is 11.9. The smallest absolute Gasteiger partial charge is 0.305 e. The van der Waals surface area contributed by atoms with Crippen molar-refractivity contribution >= 4 is 5.97 Å². The Morgan fingerprint density at radius 1 is 0.636 bits per heavy atom. The van der Waals surface area contributed by atoms with Crippen LogP contribution in [0.5, 0.6) is 0 Å². The SMILES string of the molecule is CCCCCCCCCCCCCCC(=O)OCC(O)COC1OC(COC2OC(CO)C(O)C(O)C2O)C(O)C(O)C1O. The quantitative estimate of drug-likeness (QED) is 0.0558. The van der Waals surface area contributed by atoms with E-state index in [1.807, 2.05) is 0 Å². The molecular formula is C30H56O14. The average molecular weight is 641 g/mol. The van der Waals surface area contributed by atoms with Crippen LogP contribution < -0.4 is 0 Å². The summed E-state index contributed by atoms with van der Waals surface area (Å²) in [5, 5.41) is 80.2. The topological polar surface area (TPSA) is 225 Å². The molecule has 44 heavy (non-hydrogen) atoms. The third-order valence-electron chi connectivity index (χ3n) is 8.07. The van der Waals surface area contributed by atoms with E-state index in [9.17, 15) is 45.6 Å². The van der Waals surface area contributed by atoms with E-state index in [0.29, 0.717) is 6.42 Å². The summed E-state index contributed by atoms with van der Waals surface area (Å²) >= 11 is 0. The van der Waals surface area contributed by atoms with Gasteiger partial charge in [0.15, 0.2) is 12.6 Å². The van der Waals surface area contributed by atoms with E-state index in [2.05, 4.69) is 6.92 Å². The molecule has 2 heterocycles. The molecule has 2 aliphatic rings. The number of carbonyl (C=O) groups is 1. The molecule has 0 saturated carbocycles. The van der Waals surface area contributed by atoms with Crippen molar-refractivity contribution in [2.24, 2.45) is 0 Å². The van der Waals surface area contributed by atoms with Crippen LogP contribution in [0, 0.1) is 0 Å². The standard InChI is InChI=1S/C30H56O14/c1-2-3-4-5-6-7-8-9-10-11-12-13-14-22(33)40-16-19(32)17-41-29-28(39)26(37)24(35)21(44-29)18-42-30-27(38)25(36)23(34)20(15-31)43-30/h19-21,23-32,34-39H,2-18H2,1H3. The number of ether oxygens (including phenoxy) is 5. The Labute approximate surface area is 259 Å². The van der Waals surface area contributed by atoms with Crippen LogP contribution in [0.4, 0.5) is 0 Å². The van der Waals surface area contributed by atoms with E-state index >= 15 is 0 Å². The molecule has 0 amide bonds. The van der Waals surface area contributed by atoms with Gasteiger partial charge in [0, 0.05) is 6.42 Å². The van der Waals surface area contributed by atoms with E-state index in [1.54, 1.807) is 0 Å². The Balaban J connectivity index is 1.61. The van der Waals surface area contributed by atoms with Gasteiger partial charge in [-0.1, -0.05) is 77.6 Å². The summed E-state index contributed by atoms with van der Waals surface area (Å²) in [6.45, 7) is 0.293. The molecule has 2 saturated heterocycles. The van der Waals surface area contributed by atoms with Gasteiger partial charge in [-0.2, -0.15) is 0 Å². The Morgan fingerprint density at radius 2 is 1.11 bits per heavy atom. The number of aliphatic hydroxyl groups is 8. The fourth-order valence-electron chi connectivity index (χ4n) is 5.21. The van der Waals surface area contributed by atoms with Crippen LogP contribution >= 0.6 is 0 Å². The maximum atomic E-state index is 12.0. The number of unbranched alkanes of at least 4 members (excludes halogenated alkanes) is 11. The molecule has 0 bridgehead atoms. The van der Waals surface area contributed by atoms with Gasteiger partial charge in [0.25, 0.3) is 0 Å². The lowest BCUT2D eigenvalue weighted by atomic mass is 9.98. The molecule has 0 aromatic rings. The maximum Gasteiger partial charge on any atom is 0.305 e. The second-order valence-electron chi connectivity index (χ2n) is 11.9. The molecule has 0 aliphatic carbocycles. The predicted octanol–water partition coefficient (Wildman–Crippen LogP) is -0.378. The molecule has 0 aromatic heterocycles. The summed E-state index contributed by atoms with van der Waals surface area (Å²) in [5.41, 5.74) is 0. The molecule has 0 aromatic carbocycles. The van der Waals surface area contributed by atoms with Gasteiger partial charge in [0.1, 0.15) is 61.5 Å². The Morgan fingerprint density at radius 3 is 1.66 bits per heavy atom. The summed E-state index contributed by atoms with van der Waals surface area (Å²) in [7, 11) is 0. The van der Waals surface area contributed by atoms with Gasteiger partial charge >= 0.3 is 5.97 Å². The molecule has 0 spiro atoms. The van der Waals surface area contributed by atoms with Crippen molar-refractivity contribution in [1.29, 1.82) is 0 Å². The fraction of sp³-hybridized carbons (Fsp3) is 0.967. The van der Waals surface area contributed by atoms with Gasteiger partial charge in [-0.15, -0.1) is 0 Å². The molecule has 11 atom stereocenters. The van der Waals surface area contributed by atoms with Gasteiger partial charge in [0.05, 0.1) is 19.8 Å². The summed E-state index contributed by atoms with van der Waals surface area (Å²) in [6, 6.07) is 0. The monoisotopic (exact) mass is 640 g/mol. The van der Waals surface area contributed by atoms with E-state index in [-0.39, 0.29) is 13.0 Å². The first-order valence-electron chi connectivity index (χ1n) is 16.2. The van der Waals surface area contributed by atoms with Crippen LogP contribution in [0.3, 0.4) is 0 Å². The van der Waals surface area contributed by atoms with Crippen LogP contribution in [0.1, 0.15) is 90.4 Å². The molecule has 2 fully saturated rings. The van der Waals surface area contributed by atoms with Crippen molar-refractivity contribution in [3.8, 4) is 0 Å². The number of hydrogen-bond donors (Lipinski definition) is 8. The van der Waals surface area contributed by atoms with Gasteiger partial charge < -0.3 is 64.5 Å². The van der Waals surface area contributed by atoms with Crippen molar-refractivity contribution in [2.75, 3.05) is 26.4 Å². The van der Waals surface area contributed by atoms with Crippen molar-refractivity contribution < 1.29 is 69.3 Å². The van der Waals surface area contributed by atoms with Gasteiger partial charge in [-0.3, -0.25) is 4.79 Å². The highest BCUT2D eigenvalue weighted by Crippen LogP contribution is 2.26. The molecule has 11 unspecified atom stereocenters. The number of hydrogen-bond acceptors (Lipinski definition) is 14. The van der Waals surface area contributed by atoms with Crippen molar-refractivity contribution in [2.45, 2.75) is 158 Å². The van der Waals surface area contributed by atoms with Crippen LogP contribution in [-0.2, 0) is 28.5 Å². The van der Waals surface area contributed by atoms with E-state index in [0.717, 1.165) is 19.3 Å². The fourth-order valence-corrected chi connectivity index (χ4v) is 5.21. The third kappa shape index (κ3) is 13.4. The first-order chi connectivity index (χ1) is 21.1. The number of aliphatic hydroxyl groups excluding tert-OH is 8. The van der Waals surface area contributed by atoms with Gasteiger partial charge in [-0.25, -0.2) is 0 Å². The highest BCUT2D eigenvalue weighted by Gasteiger charge is 2.47. The largest absolute Gasteiger partial charge is 0.463 e. The third-order valence-corrected chi connectivity index (χ3v) is 8.07. The van der Waals surface area contributed by atoms with Crippen LogP contribution in [0.25, 0.3) is 0 Å². The highest BCUT2D eigenvalue weighted by atomic mass is 16.7. The molecule has 0 radical (unpaired) electrons. The van der Waals surface area contributed by atoms with Gasteiger partial charge in [-0.05, 0) is 6.42 Å². The summed E-state index contributed by atoms with van der Waals surface area (Å²) in [5.74, 6) is -0.436. The number of esters is 1. The average Bonchev–Trinajstić information content (AvgIpc) is 3.02. The molecule has 260 valence electrons. The lowest BCUT2D eigenvalue weighted by Gasteiger charge is -2.42.